The minimum absolute atomic E-state index is 0.00533. The predicted molar refractivity (Wildman–Crippen MR) is 98.2 cm³/mol. The maximum atomic E-state index is 12.0. The molecule has 0 aliphatic heterocycles. The highest BCUT2D eigenvalue weighted by Gasteiger charge is 2.15. The summed E-state index contributed by atoms with van der Waals surface area (Å²) in [6.45, 7) is 1.91. The number of hydrogen-bond acceptors (Lipinski definition) is 7. The second-order valence-corrected chi connectivity index (χ2v) is 6.34. The normalized spacial score (nSPS) is 10.4. The van der Waals surface area contributed by atoms with Gasteiger partial charge in [0.15, 0.2) is 5.16 Å². The number of thioether (sulfide) groups is 1. The zero-order valence-electron chi connectivity index (χ0n) is 13.1. The number of nitrogen functional groups attached to an aromatic ring is 1. The number of carbonyl (C=O) groups is 2. The summed E-state index contributed by atoms with van der Waals surface area (Å²) in [6.07, 6.45) is 1.27. The van der Waals surface area contributed by atoms with Crippen LogP contribution < -0.4 is 11.1 Å². The molecule has 1 amide bonds. The third kappa shape index (κ3) is 5.22. The molecule has 0 radical (unpaired) electrons. The molecular weight excluding hydrogens is 387 g/mol. The summed E-state index contributed by atoms with van der Waals surface area (Å²) in [5, 5.41) is 3.52. The lowest BCUT2D eigenvalue weighted by Crippen LogP contribution is -2.15. The highest BCUT2D eigenvalue weighted by atomic mass is 35.5. The number of rotatable bonds is 6. The van der Waals surface area contributed by atoms with Crippen LogP contribution in [0.15, 0.2) is 29.6 Å². The molecule has 0 aliphatic rings. The Balaban J connectivity index is 1.97. The summed E-state index contributed by atoms with van der Waals surface area (Å²) < 4.78 is 4.84. The van der Waals surface area contributed by atoms with Crippen molar-refractivity contribution in [1.29, 1.82) is 0 Å². The molecule has 10 heteroatoms. The molecule has 2 aromatic rings. The van der Waals surface area contributed by atoms with Crippen molar-refractivity contribution in [1.82, 2.24) is 9.97 Å². The molecule has 0 atom stereocenters. The fourth-order valence-corrected chi connectivity index (χ4v) is 2.70. The van der Waals surface area contributed by atoms with E-state index in [9.17, 15) is 9.59 Å². The largest absolute Gasteiger partial charge is 0.462 e. The van der Waals surface area contributed by atoms with Gasteiger partial charge in [-0.05, 0) is 19.1 Å². The Bertz CT molecular complexity index is 804. The SMILES string of the molecule is CCOC(=O)c1cnc(SCC(=O)Nc2cccc(Cl)c2Cl)nc1N. The Morgan fingerprint density at radius 3 is 2.80 bits per heavy atom. The van der Waals surface area contributed by atoms with Crippen molar-refractivity contribution in [3.05, 3.63) is 40.0 Å². The number of nitrogens with two attached hydrogens (primary N) is 1. The smallest absolute Gasteiger partial charge is 0.343 e. The number of ether oxygens (including phenoxy) is 1. The zero-order chi connectivity index (χ0) is 18.4. The van der Waals surface area contributed by atoms with Crippen LogP contribution in [0.3, 0.4) is 0 Å². The highest BCUT2D eigenvalue weighted by Crippen LogP contribution is 2.29. The minimum Gasteiger partial charge on any atom is -0.462 e. The Morgan fingerprint density at radius 1 is 1.36 bits per heavy atom. The Labute approximate surface area is 158 Å². The first-order valence-corrected chi connectivity index (χ1v) is 8.82. The van der Waals surface area contributed by atoms with Crippen LogP contribution >= 0.6 is 35.0 Å². The number of carbonyl (C=O) groups excluding carboxylic acids is 2. The Kier molecular flexibility index (Phi) is 6.86. The van der Waals surface area contributed by atoms with Gasteiger partial charge in [0.05, 0.1) is 28.1 Å². The summed E-state index contributed by atoms with van der Waals surface area (Å²) in [4.78, 5) is 31.6. The van der Waals surface area contributed by atoms with E-state index < -0.39 is 5.97 Å². The van der Waals surface area contributed by atoms with E-state index in [1.165, 1.54) is 6.20 Å². The molecule has 1 heterocycles. The number of amides is 1. The van der Waals surface area contributed by atoms with E-state index in [-0.39, 0.29) is 39.8 Å². The van der Waals surface area contributed by atoms with Gasteiger partial charge in [-0.25, -0.2) is 14.8 Å². The predicted octanol–water partition coefficient (Wildman–Crippen LogP) is 3.27. The molecular formula is C15H14Cl2N4O3S. The molecule has 0 saturated carbocycles. The fraction of sp³-hybridized carbons (Fsp3) is 0.200. The Hall–Kier alpha value is -2.03. The number of hydrogen-bond donors (Lipinski definition) is 2. The van der Waals surface area contributed by atoms with Gasteiger partial charge < -0.3 is 15.8 Å². The summed E-state index contributed by atoms with van der Waals surface area (Å²) in [7, 11) is 0. The van der Waals surface area contributed by atoms with Crippen LogP contribution in [-0.2, 0) is 9.53 Å². The molecule has 0 unspecified atom stereocenters. The van der Waals surface area contributed by atoms with Gasteiger partial charge in [0.25, 0.3) is 0 Å². The second-order valence-electron chi connectivity index (χ2n) is 4.61. The number of nitrogens with one attached hydrogen (secondary N) is 1. The van der Waals surface area contributed by atoms with Gasteiger partial charge in [0.2, 0.25) is 5.91 Å². The number of aromatic nitrogens is 2. The van der Waals surface area contributed by atoms with Crippen LogP contribution in [-0.4, -0.2) is 34.2 Å². The lowest BCUT2D eigenvalue weighted by atomic mass is 10.3. The van der Waals surface area contributed by atoms with E-state index in [2.05, 4.69) is 15.3 Å². The van der Waals surface area contributed by atoms with Gasteiger partial charge >= 0.3 is 5.97 Å². The Morgan fingerprint density at radius 2 is 2.12 bits per heavy atom. The van der Waals surface area contributed by atoms with Crippen molar-refractivity contribution in [3.8, 4) is 0 Å². The van der Waals surface area contributed by atoms with Crippen molar-refractivity contribution in [3.63, 3.8) is 0 Å². The third-order valence-corrected chi connectivity index (χ3v) is 4.53. The summed E-state index contributed by atoms with van der Waals surface area (Å²) in [6, 6.07) is 4.93. The first-order valence-electron chi connectivity index (χ1n) is 7.08. The minimum atomic E-state index is -0.593. The second kappa shape index (κ2) is 8.89. The lowest BCUT2D eigenvalue weighted by molar-refractivity contribution is -0.113. The van der Waals surface area contributed by atoms with Crippen LogP contribution in [0.2, 0.25) is 10.0 Å². The van der Waals surface area contributed by atoms with Gasteiger partial charge in [-0.15, -0.1) is 0 Å². The van der Waals surface area contributed by atoms with E-state index in [0.717, 1.165) is 11.8 Å². The van der Waals surface area contributed by atoms with Gasteiger partial charge in [0.1, 0.15) is 11.4 Å². The molecule has 0 bridgehead atoms. The van der Waals surface area contributed by atoms with Crippen molar-refractivity contribution in [2.75, 3.05) is 23.4 Å². The average Bonchev–Trinajstić information content (AvgIpc) is 2.57. The van der Waals surface area contributed by atoms with Crippen LogP contribution in [0, 0.1) is 0 Å². The molecule has 0 aliphatic carbocycles. The number of nitrogens with zero attached hydrogens (tertiary/aromatic N) is 2. The molecule has 7 nitrogen and oxygen atoms in total. The molecule has 0 spiro atoms. The van der Waals surface area contributed by atoms with Gasteiger partial charge in [0, 0.05) is 6.20 Å². The fourth-order valence-electron chi connectivity index (χ4n) is 1.73. The van der Waals surface area contributed by atoms with E-state index >= 15 is 0 Å². The third-order valence-electron chi connectivity index (χ3n) is 2.85. The first-order chi connectivity index (χ1) is 11.9. The molecule has 0 fully saturated rings. The van der Waals surface area contributed by atoms with Crippen LogP contribution in [0.5, 0.6) is 0 Å². The van der Waals surface area contributed by atoms with E-state index in [1.54, 1.807) is 25.1 Å². The molecule has 1 aromatic heterocycles. The molecule has 3 N–H and O–H groups in total. The van der Waals surface area contributed by atoms with E-state index in [1.807, 2.05) is 0 Å². The van der Waals surface area contributed by atoms with Crippen molar-refractivity contribution in [2.45, 2.75) is 12.1 Å². The number of anilines is 2. The molecule has 1 aromatic carbocycles. The van der Waals surface area contributed by atoms with Crippen LogP contribution in [0.1, 0.15) is 17.3 Å². The average molecular weight is 401 g/mol. The summed E-state index contributed by atoms with van der Waals surface area (Å²) in [5.41, 5.74) is 6.22. The monoisotopic (exact) mass is 400 g/mol. The first kappa shape index (κ1) is 19.3. The summed E-state index contributed by atoms with van der Waals surface area (Å²) in [5.74, 6) is -0.883. The van der Waals surface area contributed by atoms with Gasteiger partial charge in [-0.3, -0.25) is 4.79 Å². The molecule has 25 heavy (non-hydrogen) atoms. The summed E-state index contributed by atoms with van der Waals surface area (Å²) >= 11 is 13.0. The van der Waals surface area contributed by atoms with Gasteiger partial charge in [-0.2, -0.15) is 0 Å². The number of benzene rings is 1. The molecule has 132 valence electrons. The zero-order valence-corrected chi connectivity index (χ0v) is 15.4. The maximum Gasteiger partial charge on any atom is 0.343 e. The lowest BCUT2D eigenvalue weighted by Gasteiger charge is -2.08. The van der Waals surface area contributed by atoms with Crippen LogP contribution in [0.4, 0.5) is 11.5 Å². The number of halogens is 2. The number of esters is 1. The van der Waals surface area contributed by atoms with Crippen molar-refractivity contribution in [2.24, 2.45) is 0 Å². The molecule has 2 rings (SSSR count). The topological polar surface area (TPSA) is 107 Å². The van der Waals surface area contributed by atoms with Crippen LogP contribution in [0.25, 0.3) is 0 Å². The quantitative estimate of drug-likeness (QED) is 0.435. The van der Waals surface area contributed by atoms with Crippen molar-refractivity contribution >= 4 is 58.3 Å². The standard InChI is InChI=1S/C15H14Cl2N4O3S/c1-2-24-14(23)8-6-19-15(21-13(8)18)25-7-11(22)20-10-5-3-4-9(16)12(10)17/h3-6H,2,7H2,1H3,(H,20,22)(H2,18,19,21). The van der Waals surface area contributed by atoms with E-state index in [0.29, 0.717) is 10.7 Å². The highest BCUT2D eigenvalue weighted by molar-refractivity contribution is 7.99. The maximum absolute atomic E-state index is 12.0. The van der Waals surface area contributed by atoms with E-state index in [4.69, 9.17) is 33.7 Å². The molecule has 0 saturated heterocycles. The van der Waals surface area contributed by atoms with Gasteiger partial charge in [-0.1, -0.05) is 41.0 Å². The van der Waals surface area contributed by atoms with Crippen molar-refractivity contribution < 1.29 is 14.3 Å².